The Labute approximate surface area is 78.4 Å². The maximum atomic E-state index is 11.6. The fourth-order valence-corrected chi connectivity index (χ4v) is 2.57. The molecular weight excluding hydrogens is 168 g/mol. The van der Waals surface area contributed by atoms with Crippen molar-refractivity contribution >= 4 is 5.97 Å². The molecule has 2 atom stereocenters. The summed E-state index contributed by atoms with van der Waals surface area (Å²) in [6.45, 7) is 4.36. The zero-order valence-electron chi connectivity index (χ0n) is 8.26. The van der Waals surface area contributed by atoms with E-state index in [1.165, 1.54) is 0 Å². The standard InChI is InChI=1S/C10H16O3/c1-3-9-6-5-7-10(9,13-9)8(11)12-4-2/h3-7H2,1-2H3. The van der Waals surface area contributed by atoms with Gasteiger partial charge in [-0.1, -0.05) is 6.92 Å². The van der Waals surface area contributed by atoms with Gasteiger partial charge in [0, 0.05) is 0 Å². The number of hydrogen-bond donors (Lipinski definition) is 0. The Morgan fingerprint density at radius 2 is 2.23 bits per heavy atom. The highest BCUT2D eigenvalue weighted by Crippen LogP contribution is 2.61. The van der Waals surface area contributed by atoms with Gasteiger partial charge in [-0.2, -0.15) is 0 Å². The van der Waals surface area contributed by atoms with Crippen molar-refractivity contribution in [1.82, 2.24) is 0 Å². The van der Waals surface area contributed by atoms with Crippen molar-refractivity contribution < 1.29 is 14.3 Å². The molecule has 2 fully saturated rings. The first-order chi connectivity index (χ1) is 6.21. The van der Waals surface area contributed by atoms with Crippen molar-refractivity contribution in [3.05, 3.63) is 0 Å². The summed E-state index contributed by atoms with van der Waals surface area (Å²) in [6, 6.07) is 0. The van der Waals surface area contributed by atoms with Crippen molar-refractivity contribution in [1.29, 1.82) is 0 Å². The molecule has 1 saturated carbocycles. The lowest BCUT2D eigenvalue weighted by molar-refractivity contribution is -0.149. The van der Waals surface area contributed by atoms with Crippen molar-refractivity contribution in [2.24, 2.45) is 0 Å². The van der Waals surface area contributed by atoms with Gasteiger partial charge >= 0.3 is 5.97 Å². The van der Waals surface area contributed by atoms with E-state index in [1.54, 1.807) is 0 Å². The highest BCUT2D eigenvalue weighted by atomic mass is 16.7. The number of rotatable bonds is 3. The molecule has 0 N–H and O–H groups in total. The van der Waals surface area contributed by atoms with E-state index in [2.05, 4.69) is 6.92 Å². The first kappa shape index (κ1) is 9.00. The molecule has 1 saturated heterocycles. The summed E-state index contributed by atoms with van der Waals surface area (Å²) in [6.07, 6.45) is 3.88. The van der Waals surface area contributed by atoms with Gasteiger partial charge < -0.3 is 9.47 Å². The second-order valence-corrected chi connectivity index (χ2v) is 3.85. The van der Waals surface area contributed by atoms with Gasteiger partial charge in [0.05, 0.1) is 6.61 Å². The zero-order valence-corrected chi connectivity index (χ0v) is 8.26. The third-order valence-electron chi connectivity index (χ3n) is 3.35. The van der Waals surface area contributed by atoms with Gasteiger partial charge in [-0.05, 0) is 32.6 Å². The van der Waals surface area contributed by atoms with Crippen LogP contribution < -0.4 is 0 Å². The van der Waals surface area contributed by atoms with Crippen LogP contribution in [0, 0.1) is 0 Å². The van der Waals surface area contributed by atoms with Gasteiger partial charge in [-0.15, -0.1) is 0 Å². The van der Waals surface area contributed by atoms with Crippen LogP contribution in [0.4, 0.5) is 0 Å². The molecule has 0 radical (unpaired) electrons. The van der Waals surface area contributed by atoms with E-state index >= 15 is 0 Å². The highest BCUT2D eigenvalue weighted by Gasteiger charge is 2.76. The molecule has 0 aromatic carbocycles. The van der Waals surface area contributed by atoms with Crippen molar-refractivity contribution in [2.75, 3.05) is 6.61 Å². The van der Waals surface area contributed by atoms with Crippen molar-refractivity contribution in [2.45, 2.75) is 50.7 Å². The lowest BCUT2D eigenvalue weighted by atomic mass is 9.94. The van der Waals surface area contributed by atoms with Gasteiger partial charge in [0.15, 0.2) is 5.60 Å². The Morgan fingerprint density at radius 1 is 1.46 bits per heavy atom. The SMILES string of the molecule is CCOC(=O)C12CCCC1(CC)O2. The lowest BCUT2D eigenvalue weighted by Crippen LogP contribution is -2.31. The minimum Gasteiger partial charge on any atom is -0.464 e. The number of fused-ring (bicyclic) bond motifs is 1. The smallest absolute Gasteiger partial charge is 0.341 e. The maximum Gasteiger partial charge on any atom is 0.341 e. The number of ether oxygens (including phenoxy) is 2. The van der Waals surface area contributed by atoms with Crippen LogP contribution in [0.5, 0.6) is 0 Å². The van der Waals surface area contributed by atoms with Gasteiger partial charge in [0.25, 0.3) is 0 Å². The quantitative estimate of drug-likeness (QED) is 0.494. The normalized spacial score (nSPS) is 41.4. The predicted molar refractivity (Wildman–Crippen MR) is 47.3 cm³/mol. The summed E-state index contributed by atoms with van der Waals surface area (Å²) in [5.41, 5.74) is -0.697. The minimum atomic E-state index is -0.544. The van der Waals surface area contributed by atoms with Crippen LogP contribution in [0.2, 0.25) is 0 Å². The second kappa shape index (κ2) is 2.71. The number of carbonyl (C=O) groups excluding carboxylic acids is 1. The summed E-state index contributed by atoms with van der Waals surface area (Å²) < 4.78 is 10.7. The van der Waals surface area contributed by atoms with Crippen LogP contribution in [-0.4, -0.2) is 23.8 Å². The van der Waals surface area contributed by atoms with Crippen molar-refractivity contribution in [3.63, 3.8) is 0 Å². The summed E-state index contributed by atoms with van der Waals surface area (Å²) in [5.74, 6) is -0.144. The monoisotopic (exact) mass is 184 g/mol. The Hall–Kier alpha value is -0.570. The average Bonchev–Trinajstić information content (AvgIpc) is 2.66. The average molecular weight is 184 g/mol. The van der Waals surface area contributed by atoms with E-state index in [0.29, 0.717) is 6.61 Å². The van der Waals surface area contributed by atoms with E-state index in [4.69, 9.17) is 9.47 Å². The van der Waals surface area contributed by atoms with Gasteiger partial charge in [0.2, 0.25) is 0 Å². The van der Waals surface area contributed by atoms with Gasteiger partial charge in [0.1, 0.15) is 5.60 Å². The molecular formula is C10H16O3. The Morgan fingerprint density at radius 3 is 2.77 bits per heavy atom. The molecule has 3 nitrogen and oxygen atoms in total. The molecule has 2 rings (SSSR count). The topological polar surface area (TPSA) is 38.8 Å². The number of esters is 1. The van der Waals surface area contributed by atoms with E-state index in [9.17, 15) is 4.79 Å². The maximum absolute atomic E-state index is 11.6. The first-order valence-electron chi connectivity index (χ1n) is 5.08. The minimum absolute atomic E-state index is 0.144. The highest BCUT2D eigenvalue weighted by molar-refractivity contribution is 5.85. The fraction of sp³-hybridized carbons (Fsp3) is 0.900. The Bertz CT molecular complexity index is 238. The molecule has 1 aliphatic heterocycles. The van der Waals surface area contributed by atoms with E-state index < -0.39 is 5.60 Å². The molecule has 0 bridgehead atoms. The van der Waals surface area contributed by atoms with E-state index in [1.807, 2.05) is 6.92 Å². The molecule has 0 aromatic heterocycles. The molecule has 74 valence electrons. The van der Waals surface area contributed by atoms with Crippen molar-refractivity contribution in [3.8, 4) is 0 Å². The largest absolute Gasteiger partial charge is 0.464 e. The summed E-state index contributed by atoms with van der Waals surface area (Å²) >= 11 is 0. The molecule has 13 heavy (non-hydrogen) atoms. The van der Waals surface area contributed by atoms with Gasteiger partial charge in [-0.3, -0.25) is 0 Å². The number of carbonyl (C=O) groups is 1. The molecule has 1 heterocycles. The Kier molecular flexibility index (Phi) is 1.88. The van der Waals surface area contributed by atoms with Crippen LogP contribution in [0.15, 0.2) is 0 Å². The van der Waals surface area contributed by atoms with Crippen LogP contribution in [0.1, 0.15) is 39.5 Å². The van der Waals surface area contributed by atoms with Crippen LogP contribution in [0.3, 0.4) is 0 Å². The second-order valence-electron chi connectivity index (χ2n) is 3.85. The molecule has 1 aliphatic carbocycles. The predicted octanol–water partition coefficient (Wildman–Crippen LogP) is 1.65. The third kappa shape index (κ3) is 0.966. The Balaban J connectivity index is 2.11. The molecule has 0 aromatic rings. The molecule has 0 spiro atoms. The fourth-order valence-electron chi connectivity index (χ4n) is 2.57. The number of epoxide rings is 1. The molecule has 2 unspecified atom stereocenters. The zero-order chi connectivity index (χ0) is 9.53. The van der Waals surface area contributed by atoms with Gasteiger partial charge in [-0.25, -0.2) is 4.79 Å². The van der Waals surface area contributed by atoms with Crippen LogP contribution in [-0.2, 0) is 14.3 Å². The number of hydrogen-bond acceptors (Lipinski definition) is 3. The summed E-state index contributed by atoms with van der Waals surface area (Å²) in [4.78, 5) is 11.6. The molecule has 2 aliphatic rings. The van der Waals surface area contributed by atoms with Crippen LogP contribution >= 0.6 is 0 Å². The first-order valence-corrected chi connectivity index (χ1v) is 5.08. The summed E-state index contributed by atoms with van der Waals surface area (Å²) in [7, 11) is 0. The third-order valence-corrected chi connectivity index (χ3v) is 3.35. The summed E-state index contributed by atoms with van der Waals surface area (Å²) in [5, 5.41) is 0. The van der Waals surface area contributed by atoms with Crippen LogP contribution in [0.25, 0.3) is 0 Å². The van der Waals surface area contributed by atoms with E-state index in [-0.39, 0.29) is 11.6 Å². The molecule has 3 heteroatoms. The molecule has 0 amide bonds. The van der Waals surface area contributed by atoms with E-state index in [0.717, 1.165) is 25.7 Å². The lowest BCUT2D eigenvalue weighted by Gasteiger charge is -2.08.